The molecule has 9 heteroatoms. The van der Waals surface area contributed by atoms with Crippen molar-refractivity contribution in [1.29, 1.82) is 0 Å². The summed E-state index contributed by atoms with van der Waals surface area (Å²) < 4.78 is 7.53. The number of hydrogen-bond donors (Lipinski definition) is 1. The summed E-state index contributed by atoms with van der Waals surface area (Å²) in [7, 11) is 0. The number of para-hydroxylation sites is 2. The van der Waals surface area contributed by atoms with Gasteiger partial charge in [-0.1, -0.05) is 54.2 Å². The van der Waals surface area contributed by atoms with Gasteiger partial charge in [0, 0.05) is 0 Å². The van der Waals surface area contributed by atoms with E-state index in [9.17, 15) is 9.59 Å². The first-order valence-electron chi connectivity index (χ1n) is 11.3. The second-order valence-corrected chi connectivity index (χ2v) is 10.1. The zero-order chi connectivity index (χ0) is 24.6. The van der Waals surface area contributed by atoms with Crippen molar-refractivity contribution >= 4 is 35.0 Å². The van der Waals surface area contributed by atoms with Gasteiger partial charge in [-0.15, -0.1) is 10.2 Å². The number of rotatable bonds is 6. The van der Waals surface area contributed by atoms with Crippen molar-refractivity contribution in [2.45, 2.75) is 43.3 Å². The highest BCUT2D eigenvalue weighted by Crippen LogP contribution is 2.39. The van der Waals surface area contributed by atoms with E-state index in [0.29, 0.717) is 34.7 Å². The predicted molar refractivity (Wildman–Crippen MR) is 135 cm³/mol. The normalized spacial score (nSPS) is 15.4. The van der Waals surface area contributed by atoms with Crippen molar-refractivity contribution in [3.8, 4) is 11.6 Å². The van der Waals surface area contributed by atoms with Gasteiger partial charge in [0.05, 0.1) is 29.4 Å². The first-order chi connectivity index (χ1) is 16.9. The number of carbonyl (C=O) groups is 2. The number of fused-ring (bicyclic) bond motifs is 1. The second-order valence-electron chi connectivity index (χ2n) is 8.82. The summed E-state index contributed by atoms with van der Waals surface area (Å²) in [5, 5.41) is 11.7. The van der Waals surface area contributed by atoms with Crippen LogP contribution in [0.5, 0.6) is 0 Å². The third-order valence-electron chi connectivity index (χ3n) is 6.00. The van der Waals surface area contributed by atoms with E-state index in [1.807, 2.05) is 66.1 Å². The van der Waals surface area contributed by atoms with Crippen LogP contribution in [0.25, 0.3) is 11.6 Å². The van der Waals surface area contributed by atoms with Crippen molar-refractivity contribution in [2.24, 2.45) is 0 Å². The fourth-order valence-electron chi connectivity index (χ4n) is 4.11. The van der Waals surface area contributed by atoms with Crippen LogP contribution in [0.2, 0.25) is 0 Å². The Labute approximate surface area is 207 Å². The lowest BCUT2D eigenvalue weighted by Gasteiger charge is -2.43. The summed E-state index contributed by atoms with van der Waals surface area (Å²) in [4.78, 5) is 28.2. The molecule has 1 unspecified atom stereocenters. The third-order valence-corrected chi connectivity index (χ3v) is 7.07. The number of nitrogens with zero attached hydrogens (tertiary/aromatic N) is 4. The van der Waals surface area contributed by atoms with Crippen LogP contribution >= 0.6 is 11.8 Å². The average Bonchev–Trinajstić information content (AvgIpc) is 3.51. The highest BCUT2D eigenvalue weighted by Gasteiger charge is 2.45. The molecule has 0 saturated carbocycles. The van der Waals surface area contributed by atoms with Gasteiger partial charge in [0.25, 0.3) is 0 Å². The van der Waals surface area contributed by atoms with Crippen LogP contribution in [-0.2, 0) is 16.1 Å². The molecule has 0 saturated heterocycles. The molecule has 3 heterocycles. The Morgan fingerprint density at radius 2 is 1.80 bits per heavy atom. The number of benzene rings is 2. The zero-order valence-electron chi connectivity index (χ0n) is 19.6. The SMILES string of the molecule is CC(Sc1nnc(-c2ccco2)n1Cc1ccccc1)C(=O)N1c2ccccc2NC(=O)C1(C)C. The molecule has 2 amide bonds. The van der Waals surface area contributed by atoms with E-state index in [2.05, 4.69) is 15.5 Å². The lowest BCUT2D eigenvalue weighted by atomic mass is 9.96. The molecule has 8 nitrogen and oxygen atoms in total. The van der Waals surface area contributed by atoms with Crippen LogP contribution in [0.1, 0.15) is 26.3 Å². The van der Waals surface area contributed by atoms with Gasteiger partial charge in [-0.05, 0) is 50.6 Å². The maximum absolute atomic E-state index is 13.8. The molecule has 1 N–H and O–H groups in total. The molecule has 35 heavy (non-hydrogen) atoms. The van der Waals surface area contributed by atoms with E-state index in [1.165, 1.54) is 11.8 Å². The lowest BCUT2D eigenvalue weighted by molar-refractivity contribution is -0.126. The van der Waals surface area contributed by atoms with Gasteiger partial charge in [-0.3, -0.25) is 19.1 Å². The molecule has 1 atom stereocenters. The largest absolute Gasteiger partial charge is 0.461 e. The van der Waals surface area contributed by atoms with Gasteiger partial charge in [0.1, 0.15) is 5.54 Å². The maximum Gasteiger partial charge on any atom is 0.250 e. The Balaban J connectivity index is 1.47. The summed E-state index contributed by atoms with van der Waals surface area (Å²) in [6, 6.07) is 21.0. The molecule has 0 bridgehead atoms. The number of furan rings is 1. The van der Waals surface area contributed by atoms with Gasteiger partial charge in [-0.2, -0.15) is 0 Å². The summed E-state index contributed by atoms with van der Waals surface area (Å²) in [6.45, 7) is 5.85. The van der Waals surface area contributed by atoms with Gasteiger partial charge in [0.15, 0.2) is 10.9 Å². The van der Waals surface area contributed by atoms with Gasteiger partial charge in [0.2, 0.25) is 17.6 Å². The van der Waals surface area contributed by atoms with Crippen LogP contribution in [0.3, 0.4) is 0 Å². The molecular formula is C26H25N5O3S. The molecule has 1 aliphatic rings. The minimum Gasteiger partial charge on any atom is -0.461 e. The quantitative estimate of drug-likeness (QED) is 0.392. The Morgan fingerprint density at radius 1 is 1.06 bits per heavy atom. The van der Waals surface area contributed by atoms with Crippen LogP contribution in [0.4, 0.5) is 11.4 Å². The highest BCUT2D eigenvalue weighted by atomic mass is 32.2. The summed E-state index contributed by atoms with van der Waals surface area (Å²) in [5.41, 5.74) is 1.33. The molecule has 0 fully saturated rings. The van der Waals surface area contributed by atoms with Crippen molar-refractivity contribution < 1.29 is 14.0 Å². The summed E-state index contributed by atoms with van der Waals surface area (Å²) in [5.74, 6) is 0.774. The molecule has 5 rings (SSSR count). The van der Waals surface area contributed by atoms with Crippen LogP contribution in [-0.4, -0.2) is 37.4 Å². The van der Waals surface area contributed by atoms with Crippen molar-refractivity contribution in [1.82, 2.24) is 14.8 Å². The molecule has 2 aromatic heterocycles. The summed E-state index contributed by atoms with van der Waals surface area (Å²) in [6.07, 6.45) is 1.59. The number of hydrogen-bond acceptors (Lipinski definition) is 6. The first-order valence-corrected chi connectivity index (χ1v) is 12.2. The van der Waals surface area contributed by atoms with E-state index >= 15 is 0 Å². The lowest BCUT2D eigenvalue weighted by Crippen LogP contribution is -2.60. The number of carbonyl (C=O) groups excluding carboxylic acids is 2. The Hall–Kier alpha value is -3.85. The van der Waals surface area contributed by atoms with E-state index < -0.39 is 10.8 Å². The van der Waals surface area contributed by atoms with E-state index in [1.54, 1.807) is 37.1 Å². The Bertz CT molecular complexity index is 1360. The molecule has 2 aromatic carbocycles. The minimum absolute atomic E-state index is 0.184. The molecular weight excluding hydrogens is 462 g/mol. The number of anilines is 2. The third kappa shape index (κ3) is 4.23. The predicted octanol–water partition coefficient (Wildman–Crippen LogP) is 4.83. The van der Waals surface area contributed by atoms with Crippen LogP contribution < -0.4 is 10.2 Å². The van der Waals surface area contributed by atoms with E-state index in [4.69, 9.17) is 4.42 Å². The molecule has 4 aromatic rings. The van der Waals surface area contributed by atoms with Crippen molar-refractivity contribution in [2.75, 3.05) is 10.2 Å². The van der Waals surface area contributed by atoms with Crippen LogP contribution in [0.15, 0.2) is 82.6 Å². The van der Waals surface area contributed by atoms with Gasteiger partial charge in [-0.25, -0.2) is 0 Å². The highest BCUT2D eigenvalue weighted by molar-refractivity contribution is 8.00. The number of thioether (sulfide) groups is 1. The molecule has 178 valence electrons. The van der Waals surface area contributed by atoms with E-state index in [0.717, 1.165) is 5.56 Å². The fraction of sp³-hybridized carbons (Fsp3) is 0.231. The first kappa shape index (κ1) is 22.9. The van der Waals surface area contributed by atoms with Crippen LogP contribution in [0, 0.1) is 0 Å². The number of amides is 2. The van der Waals surface area contributed by atoms with Gasteiger partial charge < -0.3 is 9.73 Å². The Kier molecular flexibility index (Phi) is 5.94. The number of aromatic nitrogens is 3. The standard InChI is InChI=1S/C26H25N5O3S/c1-17(23(32)31-20-13-8-7-12-19(20)27-24(33)26(31,2)3)35-25-29-28-22(21-14-9-15-34-21)30(25)16-18-10-5-4-6-11-18/h4-15,17H,16H2,1-3H3,(H,27,33). The second kappa shape index (κ2) is 9.07. The maximum atomic E-state index is 13.8. The van der Waals surface area contributed by atoms with Crippen molar-refractivity contribution in [3.05, 3.63) is 78.6 Å². The Morgan fingerprint density at radius 3 is 2.54 bits per heavy atom. The number of nitrogens with one attached hydrogen (secondary N) is 1. The fourth-order valence-corrected chi connectivity index (χ4v) is 5.00. The molecule has 0 aliphatic carbocycles. The molecule has 0 radical (unpaired) electrons. The zero-order valence-corrected chi connectivity index (χ0v) is 20.5. The monoisotopic (exact) mass is 487 g/mol. The molecule has 1 aliphatic heterocycles. The van der Waals surface area contributed by atoms with Crippen molar-refractivity contribution in [3.63, 3.8) is 0 Å². The summed E-state index contributed by atoms with van der Waals surface area (Å²) >= 11 is 1.31. The van der Waals surface area contributed by atoms with E-state index in [-0.39, 0.29) is 11.8 Å². The minimum atomic E-state index is -1.04. The smallest absolute Gasteiger partial charge is 0.250 e. The molecule has 0 spiro atoms. The topological polar surface area (TPSA) is 93.3 Å². The van der Waals surface area contributed by atoms with Gasteiger partial charge >= 0.3 is 0 Å². The average molecular weight is 488 g/mol.